The normalized spacial score (nSPS) is 15.6. The van der Waals surface area contributed by atoms with Crippen LogP contribution in [0.25, 0.3) is 6.08 Å². The molecule has 8 nitrogen and oxygen atoms in total. The van der Waals surface area contributed by atoms with Crippen molar-refractivity contribution in [3.05, 3.63) is 63.6 Å². The number of hydrogen-bond donors (Lipinski definition) is 2. The Morgan fingerprint density at radius 3 is 2.43 bits per heavy atom. The lowest BCUT2D eigenvalue weighted by Crippen LogP contribution is -2.54. The Bertz CT molecular complexity index is 1030. The van der Waals surface area contributed by atoms with E-state index in [0.29, 0.717) is 10.0 Å². The molecule has 1 heterocycles. The van der Waals surface area contributed by atoms with Crippen molar-refractivity contribution in [2.24, 2.45) is 0 Å². The number of amides is 4. The fourth-order valence-corrected chi connectivity index (χ4v) is 2.93. The van der Waals surface area contributed by atoms with Crippen LogP contribution in [0.3, 0.4) is 0 Å². The van der Waals surface area contributed by atoms with E-state index >= 15 is 0 Å². The molecule has 4 amide bonds. The second kappa shape index (κ2) is 7.65. The number of carbonyl (C=O) groups excluding carboxylic acids is 4. The number of phenolic OH excluding ortho intramolecular Hbond substituents is 1. The van der Waals surface area contributed by atoms with Gasteiger partial charge in [-0.15, -0.1) is 0 Å². The number of benzene rings is 2. The monoisotopic (exact) mass is 444 g/mol. The second-order valence-electron chi connectivity index (χ2n) is 5.71. The summed E-state index contributed by atoms with van der Waals surface area (Å²) >= 11 is 3.16. The fourth-order valence-electron chi connectivity index (χ4n) is 2.54. The lowest BCUT2D eigenvalue weighted by atomic mass is 10.1. The lowest BCUT2D eigenvalue weighted by molar-refractivity contribution is -0.122. The summed E-state index contributed by atoms with van der Waals surface area (Å²) in [7, 11) is 1.24. The number of phenols is 1. The predicted molar refractivity (Wildman–Crippen MR) is 103 cm³/mol. The minimum absolute atomic E-state index is 0.00377. The standard InChI is InChI=1S/C19H13BrN2O6/c1-28-18(26)11-3-5-12(6-4-11)22-17(25)13(16(24)21-19(22)27)8-10-2-7-15(23)14(20)9-10/h2-9,23H,1H3,(H,21,24,27)/b13-8+. The van der Waals surface area contributed by atoms with Crippen LogP contribution < -0.4 is 10.2 Å². The highest BCUT2D eigenvalue weighted by Gasteiger charge is 2.36. The van der Waals surface area contributed by atoms with Gasteiger partial charge in [0.05, 0.1) is 22.8 Å². The molecule has 3 rings (SSSR count). The number of halogens is 1. The summed E-state index contributed by atoms with van der Waals surface area (Å²) in [4.78, 5) is 49.5. The first-order chi connectivity index (χ1) is 13.3. The number of esters is 1. The molecular weight excluding hydrogens is 432 g/mol. The first-order valence-electron chi connectivity index (χ1n) is 7.90. The van der Waals surface area contributed by atoms with E-state index in [0.717, 1.165) is 4.90 Å². The van der Waals surface area contributed by atoms with E-state index in [9.17, 15) is 24.3 Å². The van der Waals surface area contributed by atoms with Crippen LogP contribution in [0.15, 0.2) is 52.5 Å². The van der Waals surface area contributed by atoms with E-state index in [-0.39, 0.29) is 22.6 Å². The van der Waals surface area contributed by atoms with Crippen molar-refractivity contribution < 1.29 is 29.0 Å². The molecule has 2 aromatic rings. The molecule has 142 valence electrons. The Morgan fingerprint density at radius 1 is 1.14 bits per heavy atom. The van der Waals surface area contributed by atoms with Gasteiger partial charge in [-0.05, 0) is 64.0 Å². The van der Waals surface area contributed by atoms with Crippen molar-refractivity contribution in [2.75, 3.05) is 12.0 Å². The number of ether oxygens (including phenoxy) is 1. The number of aromatic hydroxyl groups is 1. The number of urea groups is 1. The molecule has 0 aromatic heterocycles. The van der Waals surface area contributed by atoms with Crippen LogP contribution in [0, 0.1) is 0 Å². The fraction of sp³-hybridized carbons (Fsp3) is 0.0526. The Hall–Kier alpha value is -3.46. The van der Waals surface area contributed by atoms with Gasteiger partial charge in [0.2, 0.25) is 0 Å². The van der Waals surface area contributed by atoms with Crippen LogP contribution in [0.4, 0.5) is 10.5 Å². The van der Waals surface area contributed by atoms with Crippen molar-refractivity contribution in [1.82, 2.24) is 5.32 Å². The third-order valence-corrected chi connectivity index (χ3v) is 4.57. The molecule has 0 unspecified atom stereocenters. The third-order valence-electron chi connectivity index (χ3n) is 3.93. The topological polar surface area (TPSA) is 113 Å². The molecule has 1 aliphatic heterocycles. The Balaban J connectivity index is 1.97. The molecule has 2 N–H and O–H groups in total. The number of rotatable bonds is 3. The molecule has 0 saturated carbocycles. The van der Waals surface area contributed by atoms with Gasteiger partial charge in [0, 0.05) is 0 Å². The molecule has 0 atom stereocenters. The molecule has 1 fully saturated rings. The number of nitrogens with zero attached hydrogens (tertiary/aromatic N) is 1. The SMILES string of the molecule is COC(=O)c1ccc(N2C(=O)NC(=O)/C(=C\c3ccc(O)c(Br)c3)C2=O)cc1. The first kappa shape index (κ1) is 19.3. The van der Waals surface area contributed by atoms with Gasteiger partial charge in [0.1, 0.15) is 11.3 Å². The van der Waals surface area contributed by atoms with Gasteiger partial charge >= 0.3 is 12.0 Å². The summed E-state index contributed by atoms with van der Waals surface area (Å²) < 4.78 is 4.99. The molecule has 0 bridgehead atoms. The molecule has 9 heteroatoms. The summed E-state index contributed by atoms with van der Waals surface area (Å²) in [6.45, 7) is 0. The maximum Gasteiger partial charge on any atom is 0.337 e. The first-order valence-corrected chi connectivity index (χ1v) is 8.69. The van der Waals surface area contributed by atoms with E-state index in [1.807, 2.05) is 0 Å². The molecule has 1 saturated heterocycles. The Kier molecular flexibility index (Phi) is 5.27. The number of methoxy groups -OCH3 is 1. The smallest absolute Gasteiger partial charge is 0.337 e. The quantitative estimate of drug-likeness (QED) is 0.427. The molecule has 1 aliphatic rings. The van der Waals surface area contributed by atoms with Crippen LogP contribution in [0.1, 0.15) is 15.9 Å². The summed E-state index contributed by atoms with van der Waals surface area (Å²) in [5.41, 5.74) is 0.644. The average Bonchev–Trinajstić information content (AvgIpc) is 2.67. The van der Waals surface area contributed by atoms with E-state index in [1.54, 1.807) is 0 Å². The van der Waals surface area contributed by atoms with E-state index in [2.05, 4.69) is 26.0 Å². The largest absolute Gasteiger partial charge is 0.507 e. The second-order valence-corrected chi connectivity index (χ2v) is 6.56. The van der Waals surface area contributed by atoms with Crippen molar-refractivity contribution in [3.8, 4) is 5.75 Å². The number of barbiturate groups is 1. The molecular formula is C19H13BrN2O6. The number of hydrogen-bond acceptors (Lipinski definition) is 6. The lowest BCUT2D eigenvalue weighted by Gasteiger charge is -2.26. The van der Waals surface area contributed by atoms with Crippen LogP contribution >= 0.6 is 15.9 Å². The van der Waals surface area contributed by atoms with E-state index in [4.69, 9.17) is 0 Å². The van der Waals surface area contributed by atoms with Gasteiger partial charge in [0.15, 0.2) is 0 Å². The van der Waals surface area contributed by atoms with Gasteiger partial charge in [-0.25, -0.2) is 14.5 Å². The predicted octanol–water partition coefficient (Wildman–Crippen LogP) is 2.61. The van der Waals surface area contributed by atoms with Crippen LogP contribution in [0.5, 0.6) is 5.75 Å². The Morgan fingerprint density at radius 2 is 1.82 bits per heavy atom. The van der Waals surface area contributed by atoms with Crippen LogP contribution in [-0.2, 0) is 14.3 Å². The summed E-state index contributed by atoms with van der Waals surface area (Å²) in [5.74, 6) is -2.20. The summed E-state index contributed by atoms with van der Waals surface area (Å²) in [5, 5.41) is 11.7. The van der Waals surface area contributed by atoms with Crippen LogP contribution in [0.2, 0.25) is 0 Å². The number of nitrogens with one attached hydrogen (secondary N) is 1. The zero-order chi connectivity index (χ0) is 20.4. The Labute approximate surface area is 167 Å². The van der Waals surface area contributed by atoms with E-state index < -0.39 is 23.8 Å². The van der Waals surface area contributed by atoms with Gasteiger partial charge in [-0.1, -0.05) is 6.07 Å². The molecule has 0 aliphatic carbocycles. The van der Waals surface area contributed by atoms with Crippen molar-refractivity contribution >= 4 is 51.5 Å². The minimum atomic E-state index is -0.898. The number of imide groups is 2. The van der Waals surface area contributed by atoms with E-state index in [1.165, 1.54) is 55.7 Å². The highest BCUT2D eigenvalue weighted by Crippen LogP contribution is 2.27. The maximum absolute atomic E-state index is 12.8. The van der Waals surface area contributed by atoms with Gasteiger partial charge < -0.3 is 9.84 Å². The molecule has 28 heavy (non-hydrogen) atoms. The maximum atomic E-state index is 12.8. The number of anilines is 1. The molecule has 2 aromatic carbocycles. The summed E-state index contributed by atoms with van der Waals surface area (Å²) in [6, 6.07) is 9.13. The van der Waals surface area contributed by atoms with Gasteiger partial charge in [-0.2, -0.15) is 0 Å². The summed E-state index contributed by atoms with van der Waals surface area (Å²) in [6.07, 6.45) is 1.31. The zero-order valence-corrected chi connectivity index (χ0v) is 16.0. The third kappa shape index (κ3) is 3.65. The van der Waals surface area contributed by atoms with Crippen molar-refractivity contribution in [3.63, 3.8) is 0 Å². The molecule has 0 spiro atoms. The van der Waals surface area contributed by atoms with Gasteiger partial charge in [0.25, 0.3) is 11.8 Å². The minimum Gasteiger partial charge on any atom is -0.507 e. The highest BCUT2D eigenvalue weighted by molar-refractivity contribution is 9.10. The van der Waals surface area contributed by atoms with Gasteiger partial charge in [-0.3, -0.25) is 14.9 Å². The average molecular weight is 445 g/mol. The zero-order valence-electron chi connectivity index (χ0n) is 14.4. The highest BCUT2D eigenvalue weighted by atomic mass is 79.9. The van der Waals surface area contributed by atoms with Crippen molar-refractivity contribution in [1.29, 1.82) is 0 Å². The number of carbonyl (C=O) groups is 4. The van der Waals surface area contributed by atoms with Crippen molar-refractivity contribution in [2.45, 2.75) is 0 Å². The molecule has 0 radical (unpaired) electrons. The van der Waals surface area contributed by atoms with Crippen LogP contribution in [-0.4, -0.2) is 36.0 Å².